The van der Waals surface area contributed by atoms with E-state index in [0.29, 0.717) is 6.04 Å². The molecule has 1 saturated carbocycles. The topological polar surface area (TPSA) is 21.3 Å². The maximum atomic E-state index is 6.00. The van der Waals surface area contributed by atoms with Gasteiger partial charge in [-0.1, -0.05) is 48.6 Å². The number of benzene rings is 1. The Bertz CT molecular complexity index is 415. The molecule has 1 N–H and O–H groups in total. The van der Waals surface area contributed by atoms with Gasteiger partial charge in [-0.05, 0) is 45.7 Å². The lowest BCUT2D eigenvalue weighted by Crippen LogP contribution is -2.53. The molecule has 0 radical (unpaired) electrons. The highest BCUT2D eigenvalue weighted by Gasteiger charge is 2.39. The van der Waals surface area contributed by atoms with Crippen LogP contribution in [-0.2, 0) is 11.2 Å². The molecule has 1 aromatic rings. The molecule has 0 aliphatic heterocycles. The zero-order chi connectivity index (χ0) is 14.6. The zero-order valence-corrected chi connectivity index (χ0v) is 13.5. The average molecular weight is 275 g/mol. The first kappa shape index (κ1) is 15.5. The van der Waals surface area contributed by atoms with Crippen molar-refractivity contribution in [2.24, 2.45) is 0 Å². The molecule has 0 spiro atoms. The van der Waals surface area contributed by atoms with Crippen molar-refractivity contribution < 1.29 is 4.74 Å². The summed E-state index contributed by atoms with van der Waals surface area (Å²) in [4.78, 5) is 0. The molecule has 1 aromatic carbocycles. The molecule has 2 rings (SSSR count). The van der Waals surface area contributed by atoms with Crippen LogP contribution in [0.5, 0.6) is 0 Å². The van der Waals surface area contributed by atoms with Crippen molar-refractivity contribution in [2.75, 3.05) is 14.2 Å². The lowest BCUT2D eigenvalue weighted by Gasteiger charge is -2.42. The van der Waals surface area contributed by atoms with Crippen LogP contribution in [0.15, 0.2) is 18.2 Å². The van der Waals surface area contributed by atoms with Gasteiger partial charge in [-0.25, -0.2) is 0 Å². The van der Waals surface area contributed by atoms with E-state index in [9.17, 15) is 0 Å². The van der Waals surface area contributed by atoms with Crippen LogP contribution in [0.25, 0.3) is 0 Å². The van der Waals surface area contributed by atoms with Crippen LogP contribution in [0.3, 0.4) is 0 Å². The van der Waals surface area contributed by atoms with Gasteiger partial charge in [0.05, 0.1) is 5.60 Å². The second-order valence-corrected chi connectivity index (χ2v) is 6.37. The Morgan fingerprint density at radius 3 is 2.20 bits per heavy atom. The van der Waals surface area contributed by atoms with E-state index in [-0.39, 0.29) is 5.60 Å². The molecule has 2 nitrogen and oxygen atoms in total. The zero-order valence-electron chi connectivity index (χ0n) is 13.5. The van der Waals surface area contributed by atoms with Gasteiger partial charge in [0, 0.05) is 13.2 Å². The van der Waals surface area contributed by atoms with Crippen molar-refractivity contribution in [2.45, 2.75) is 64.0 Å². The summed E-state index contributed by atoms with van der Waals surface area (Å²) in [5.74, 6) is 0. The van der Waals surface area contributed by atoms with Crippen LogP contribution in [0.4, 0.5) is 0 Å². The summed E-state index contributed by atoms with van der Waals surface area (Å²) in [6.45, 7) is 4.36. The first-order valence-electron chi connectivity index (χ1n) is 7.89. The van der Waals surface area contributed by atoms with Crippen molar-refractivity contribution in [3.8, 4) is 0 Å². The fourth-order valence-electron chi connectivity index (χ4n) is 3.82. The molecule has 0 heterocycles. The van der Waals surface area contributed by atoms with Crippen LogP contribution < -0.4 is 5.32 Å². The second kappa shape index (κ2) is 6.73. The van der Waals surface area contributed by atoms with E-state index in [0.717, 1.165) is 6.42 Å². The monoisotopic (exact) mass is 275 g/mol. The molecule has 0 saturated heterocycles. The van der Waals surface area contributed by atoms with E-state index in [4.69, 9.17) is 4.74 Å². The molecule has 1 aliphatic rings. The predicted molar refractivity (Wildman–Crippen MR) is 85.3 cm³/mol. The molecule has 112 valence electrons. The molecule has 0 amide bonds. The number of nitrogens with one attached hydrogen (secondary N) is 1. The number of hydrogen-bond donors (Lipinski definition) is 1. The molecule has 0 aromatic heterocycles. The minimum Gasteiger partial charge on any atom is -0.377 e. The third kappa shape index (κ3) is 3.42. The van der Waals surface area contributed by atoms with Gasteiger partial charge in [-0.15, -0.1) is 0 Å². The van der Waals surface area contributed by atoms with E-state index in [1.165, 1.54) is 48.8 Å². The van der Waals surface area contributed by atoms with Gasteiger partial charge in [0.15, 0.2) is 0 Å². The minimum absolute atomic E-state index is 0.0185. The normalized spacial score (nSPS) is 19.8. The molecule has 2 heteroatoms. The number of aryl methyl sites for hydroxylation is 2. The molecule has 0 bridgehead atoms. The Morgan fingerprint density at radius 1 is 1.10 bits per heavy atom. The van der Waals surface area contributed by atoms with Gasteiger partial charge in [0.1, 0.15) is 0 Å². The summed E-state index contributed by atoms with van der Waals surface area (Å²) in [5.41, 5.74) is 4.14. The van der Waals surface area contributed by atoms with Crippen molar-refractivity contribution in [1.29, 1.82) is 0 Å². The van der Waals surface area contributed by atoms with Gasteiger partial charge < -0.3 is 10.1 Å². The third-order valence-electron chi connectivity index (χ3n) is 4.81. The summed E-state index contributed by atoms with van der Waals surface area (Å²) in [5, 5.41) is 3.53. The summed E-state index contributed by atoms with van der Waals surface area (Å²) < 4.78 is 6.00. The van der Waals surface area contributed by atoms with Crippen LogP contribution in [0, 0.1) is 13.8 Å². The third-order valence-corrected chi connectivity index (χ3v) is 4.81. The SMILES string of the molecule is CNC(Cc1cc(C)cc(C)c1)C1(OC)CCCCC1. The maximum Gasteiger partial charge on any atom is 0.0834 e. The average Bonchev–Trinajstić information content (AvgIpc) is 2.44. The molecule has 1 fully saturated rings. The number of hydrogen-bond acceptors (Lipinski definition) is 2. The van der Waals surface area contributed by atoms with Gasteiger partial charge in [0.2, 0.25) is 0 Å². The van der Waals surface area contributed by atoms with Crippen LogP contribution in [0.1, 0.15) is 48.8 Å². The van der Waals surface area contributed by atoms with Gasteiger partial charge >= 0.3 is 0 Å². The predicted octanol–water partition coefficient (Wildman–Crippen LogP) is 3.78. The minimum atomic E-state index is 0.0185. The van der Waals surface area contributed by atoms with Crippen molar-refractivity contribution in [3.63, 3.8) is 0 Å². The number of rotatable bonds is 5. The Hall–Kier alpha value is -0.860. The Morgan fingerprint density at radius 2 is 1.70 bits per heavy atom. The van der Waals surface area contributed by atoms with E-state index in [1.807, 2.05) is 7.11 Å². The Balaban J connectivity index is 2.18. The summed E-state index contributed by atoms with van der Waals surface area (Å²) >= 11 is 0. The first-order chi connectivity index (χ1) is 9.59. The van der Waals surface area contributed by atoms with Gasteiger partial charge in [0.25, 0.3) is 0 Å². The highest BCUT2D eigenvalue weighted by molar-refractivity contribution is 5.29. The molecule has 1 atom stereocenters. The highest BCUT2D eigenvalue weighted by Crippen LogP contribution is 2.35. The smallest absolute Gasteiger partial charge is 0.0834 e. The van der Waals surface area contributed by atoms with Crippen LogP contribution in [-0.4, -0.2) is 25.8 Å². The van der Waals surface area contributed by atoms with Crippen LogP contribution in [0.2, 0.25) is 0 Å². The molecular formula is C18H29NO. The Labute approximate surface area is 123 Å². The molecule has 20 heavy (non-hydrogen) atoms. The highest BCUT2D eigenvalue weighted by atomic mass is 16.5. The fraction of sp³-hybridized carbons (Fsp3) is 0.667. The van der Waals surface area contributed by atoms with Gasteiger partial charge in [-0.2, -0.15) is 0 Å². The van der Waals surface area contributed by atoms with E-state index in [1.54, 1.807) is 0 Å². The fourth-order valence-corrected chi connectivity index (χ4v) is 3.82. The summed E-state index contributed by atoms with van der Waals surface area (Å²) in [6, 6.07) is 7.26. The first-order valence-corrected chi connectivity index (χ1v) is 7.89. The van der Waals surface area contributed by atoms with Gasteiger partial charge in [-0.3, -0.25) is 0 Å². The van der Waals surface area contributed by atoms with Crippen LogP contribution >= 0.6 is 0 Å². The van der Waals surface area contributed by atoms with Crippen molar-refractivity contribution >= 4 is 0 Å². The standard InChI is InChI=1S/C18H29NO/c1-14-10-15(2)12-16(11-14)13-17(19-3)18(20-4)8-6-5-7-9-18/h10-12,17,19H,5-9,13H2,1-4H3. The van der Waals surface area contributed by atoms with E-state index < -0.39 is 0 Å². The van der Waals surface area contributed by atoms with Crippen molar-refractivity contribution in [3.05, 3.63) is 34.9 Å². The number of ether oxygens (including phenoxy) is 1. The lowest BCUT2D eigenvalue weighted by molar-refractivity contribution is -0.0657. The maximum absolute atomic E-state index is 6.00. The van der Waals surface area contributed by atoms with Crippen molar-refractivity contribution in [1.82, 2.24) is 5.32 Å². The number of likely N-dealkylation sites (N-methyl/N-ethyl adjacent to an activating group) is 1. The summed E-state index contributed by atoms with van der Waals surface area (Å²) in [6.07, 6.45) is 7.34. The molecule has 1 aliphatic carbocycles. The van der Waals surface area contributed by atoms with E-state index in [2.05, 4.69) is 44.4 Å². The lowest BCUT2D eigenvalue weighted by atomic mass is 9.77. The largest absolute Gasteiger partial charge is 0.377 e. The molecule has 1 unspecified atom stereocenters. The molecular weight excluding hydrogens is 246 g/mol. The van der Waals surface area contributed by atoms with E-state index >= 15 is 0 Å². The summed E-state index contributed by atoms with van der Waals surface area (Å²) in [7, 11) is 3.96. The quantitative estimate of drug-likeness (QED) is 0.883. The second-order valence-electron chi connectivity index (χ2n) is 6.37. The Kier molecular flexibility index (Phi) is 5.22. The number of methoxy groups -OCH3 is 1.